The maximum atomic E-state index is 11.7. The Hall–Kier alpha value is -1.02. The maximum Gasteiger partial charge on any atom is 0.309 e. The molecule has 1 aliphatic rings. The van der Waals surface area contributed by atoms with Crippen molar-refractivity contribution in [2.45, 2.75) is 39.0 Å². The summed E-state index contributed by atoms with van der Waals surface area (Å²) in [5.41, 5.74) is 0.488. The topological polar surface area (TPSA) is 37.3 Å². The Balaban J connectivity index is 2.20. The van der Waals surface area contributed by atoms with E-state index in [0.29, 0.717) is 17.4 Å². The Morgan fingerprint density at radius 2 is 2.11 bits per heavy atom. The van der Waals surface area contributed by atoms with Gasteiger partial charge in [0, 0.05) is 5.02 Å². The lowest BCUT2D eigenvalue weighted by Gasteiger charge is -2.36. The summed E-state index contributed by atoms with van der Waals surface area (Å²) in [6, 6.07) is 7.54. The zero-order valence-corrected chi connectivity index (χ0v) is 11.4. The van der Waals surface area contributed by atoms with Crippen molar-refractivity contribution in [3.05, 3.63) is 34.9 Å². The molecule has 3 heteroatoms. The zero-order valence-electron chi connectivity index (χ0n) is 10.7. The van der Waals surface area contributed by atoms with Crippen molar-refractivity contribution in [1.82, 2.24) is 0 Å². The van der Waals surface area contributed by atoms with E-state index in [1.165, 1.54) is 0 Å². The van der Waals surface area contributed by atoms with E-state index < -0.39 is 11.4 Å². The fourth-order valence-electron chi connectivity index (χ4n) is 3.08. The average molecular weight is 267 g/mol. The van der Waals surface area contributed by atoms with Crippen molar-refractivity contribution >= 4 is 17.6 Å². The first kappa shape index (κ1) is 13.4. The summed E-state index contributed by atoms with van der Waals surface area (Å²) in [6.07, 6.45) is 4.35. The highest BCUT2D eigenvalue weighted by Crippen LogP contribution is 2.42. The van der Waals surface area contributed by atoms with E-state index in [2.05, 4.69) is 6.92 Å². The van der Waals surface area contributed by atoms with E-state index in [0.717, 1.165) is 31.2 Å². The summed E-state index contributed by atoms with van der Waals surface area (Å²) in [6.45, 7) is 2.15. The lowest BCUT2D eigenvalue weighted by Crippen LogP contribution is -2.37. The molecule has 0 spiro atoms. The van der Waals surface area contributed by atoms with E-state index in [1.807, 2.05) is 24.3 Å². The number of carbonyl (C=O) groups is 1. The molecule has 0 heterocycles. The summed E-state index contributed by atoms with van der Waals surface area (Å²) in [5.74, 6) is -0.147. The van der Waals surface area contributed by atoms with Gasteiger partial charge in [0.25, 0.3) is 0 Å². The molecule has 0 aliphatic heterocycles. The molecule has 1 fully saturated rings. The van der Waals surface area contributed by atoms with Crippen molar-refractivity contribution in [3.8, 4) is 0 Å². The lowest BCUT2D eigenvalue weighted by molar-refractivity contribution is -0.152. The minimum Gasteiger partial charge on any atom is -0.481 e. The maximum absolute atomic E-state index is 11.7. The number of benzene rings is 1. The number of hydrogen-bond acceptors (Lipinski definition) is 1. The zero-order chi connectivity index (χ0) is 13.2. The molecular weight excluding hydrogens is 248 g/mol. The van der Waals surface area contributed by atoms with Gasteiger partial charge in [-0.1, -0.05) is 43.5 Å². The van der Waals surface area contributed by atoms with Gasteiger partial charge in [0.05, 0.1) is 5.41 Å². The largest absolute Gasteiger partial charge is 0.481 e. The Morgan fingerprint density at radius 3 is 2.67 bits per heavy atom. The molecule has 1 saturated carbocycles. The molecule has 0 amide bonds. The second-order valence-corrected chi connectivity index (χ2v) is 6.03. The highest BCUT2D eigenvalue weighted by atomic mass is 35.5. The van der Waals surface area contributed by atoms with Crippen LogP contribution in [-0.2, 0) is 11.2 Å². The van der Waals surface area contributed by atoms with Crippen LogP contribution >= 0.6 is 11.6 Å². The third-order valence-corrected chi connectivity index (χ3v) is 4.25. The monoisotopic (exact) mass is 266 g/mol. The van der Waals surface area contributed by atoms with E-state index in [9.17, 15) is 9.90 Å². The summed E-state index contributed by atoms with van der Waals surface area (Å²) >= 11 is 5.86. The highest BCUT2D eigenvalue weighted by molar-refractivity contribution is 6.30. The molecule has 1 N–H and O–H groups in total. The molecule has 98 valence electrons. The van der Waals surface area contributed by atoms with Gasteiger partial charge in [0.1, 0.15) is 0 Å². The molecule has 0 radical (unpaired) electrons. The lowest BCUT2D eigenvalue weighted by atomic mass is 9.67. The van der Waals surface area contributed by atoms with Gasteiger partial charge >= 0.3 is 5.97 Å². The van der Waals surface area contributed by atoms with Crippen LogP contribution in [0.1, 0.15) is 38.2 Å². The van der Waals surface area contributed by atoms with Crippen LogP contribution in [0.5, 0.6) is 0 Å². The first-order chi connectivity index (χ1) is 8.52. The number of carboxylic acid groups (broad SMARTS) is 1. The predicted octanol–water partition coefficient (Wildman–Crippen LogP) is 4.16. The molecule has 1 aromatic carbocycles. The van der Waals surface area contributed by atoms with Crippen molar-refractivity contribution in [2.24, 2.45) is 11.3 Å². The number of rotatable bonds is 3. The second kappa shape index (κ2) is 5.31. The molecule has 0 saturated heterocycles. The number of carboxylic acids is 1. The van der Waals surface area contributed by atoms with Gasteiger partial charge in [0.2, 0.25) is 0 Å². The van der Waals surface area contributed by atoms with E-state index in [1.54, 1.807) is 0 Å². The SMILES string of the molecule is CC1CCCC(Cc2ccc(Cl)cc2)(C(=O)O)C1. The van der Waals surface area contributed by atoms with Crippen LogP contribution in [0.15, 0.2) is 24.3 Å². The number of hydrogen-bond donors (Lipinski definition) is 1. The van der Waals surface area contributed by atoms with Crippen LogP contribution in [0, 0.1) is 11.3 Å². The van der Waals surface area contributed by atoms with E-state index in [4.69, 9.17) is 11.6 Å². The van der Waals surface area contributed by atoms with Crippen molar-refractivity contribution < 1.29 is 9.90 Å². The molecular formula is C15H19ClO2. The van der Waals surface area contributed by atoms with Crippen LogP contribution < -0.4 is 0 Å². The minimum atomic E-state index is -0.649. The Morgan fingerprint density at radius 1 is 1.44 bits per heavy atom. The molecule has 1 aromatic rings. The first-order valence-corrected chi connectivity index (χ1v) is 6.87. The Kier molecular flexibility index (Phi) is 3.96. The van der Waals surface area contributed by atoms with Crippen LogP contribution in [-0.4, -0.2) is 11.1 Å². The number of halogens is 1. The molecule has 2 atom stereocenters. The van der Waals surface area contributed by atoms with Crippen LogP contribution in [0.2, 0.25) is 5.02 Å². The standard InChI is InChI=1S/C15H19ClO2/c1-11-3-2-8-15(9-11,14(17)18)10-12-4-6-13(16)7-5-12/h4-7,11H,2-3,8-10H2,1H3,(H,17,18). The van der Waals surface area contributed by atoms with E-state index in [-0.39, 0.29) is 0 Å². The average Bonchev–Trinajstić information content (AvgIpc) is 2.32. The quantitative estimate of drug-likeness (QED) is 0.892. The molecule has 1 aliphatic carbocycles. The summed E-state index contributed by atoms with van der Waals surface area (Å²) < 4.78 is 0. The van der Waals surface area contributed by atoms with Gasteiger partial charge in [-0.15, -0.1) is 0 Å². The minimum absolute atomic E-state index is 0.502. The van der Waals surface area contributed by atoms with Gasteiger partial charge < -0.3 is 5.11 Å². The fraction of sp³-hybridized carbons (Fsp3) is 0.533. The van der Waals surface area contributed by atoms with Crippen molar-refractivity contribution in [3.63, 3.8) is 0 Å². The Bertz CT molecular complexity index is 427. The van der Waals surface area contributed by atoms with Gasteiger partial charge in [-0.25, -0.2) is 0 Å². The number of aliphatic carboxylic acids is 1. The van der Waals surface area contributed by atoms with Gasteiger partial charge in [-0.05, 0) is 42.9 Å². The molecule has 0 aromatic heterocycles. The van der Waals surface area contributed by atoms with Gasteiger partial charge in [-0.2, -0.15) is 0 Å². The molecule has 18 heavy (non-hydrogen) atoms. The third kappa shape index (κ3) is 2.86. The third-order valence-electron chi connectivity index (χ3n) is 4.00. The smallest absolute Gasteiger partial charge is 0.309 e. The molecule has 2 nitrogen and oxygen atoms in total. The van der Waals surface area contributed by atoms with E-state index >= 15 is 0 Å². The van der Waals surface area contributed by atoms with Crippen molar-refractivity contribution in [2.75, 3.05) is 0 Å². The fourth-order valence-corrected chi connectivity index (χ4v) is 3.21. The van der Waals surface area contributed by atoms with Crippen LogP contribution in [0.4, 0.5) is 0 Å². The second-order valence-electron chi connectivity index (χ2n) is 5.59. The van der Waals surface area contributed by atoms with Gasteiger partial charge in [-0.3, -0.25) is 4.79 Å². The summed E-state index contributed by atoms with van der Waals surface area (Å²) in [4.78, 5) is 11.7. The molecule has 2 rings (SSSR count). The summed E-state index contributed by atoms with van der Waals surface area (Å²) in [5, 5.41) is 10.3. The highest BCUT2D eigenvalue weighted by Gasteiger charge is 2.41. The molecule has 2 unspecified atom stereocenters. The molecule has 0 bridgehead atoms. The first-order valence-electron chi connectivity index (χ1n) is 6.50. The summed E-state index contributed by atoms with van der Waals surface area (Å²) in [7, 11) is 0. The predicted molar refractivity (Wildman–Crippen MR) is 72.9 cm³/mol. The van der Waals surface area contributed by atoms with Gasteiger partial charge in [0.15, 0.2) is 0 Å². The van der Waals surface area contributed by atoms with Crippen LogP contribution in [0.25, 0.3) is 0 Å². The normalized spacial score (nSPS) is 28.0. The van der Waals surface area contributed by atoms with Crippen molar-refractivity contribution in [1.29, 1.82) is 0 Å². The Labute approximate surface area is 113 Å². The van der Waals surface area contributed by atoms with Crippen LogP contribution in [0.3, 0.4) is 0 Å².